The molecule has 2 bridgehead atoms. The van der Waals surface area contributed by atoms with Crippen molar-refractivity contribution in [1.29, 1.82) is 0 Å². The van der Waals surface area contributed by atoms with E-state index in [0.717, 1.165) is 0 Å². The summed E-state index contributed by atoms with van der Waals surface area (Å²) in [6.45, 7) is 4.24. The molecule has 198 valence electrons. The Morgan fingerprint density at radius 2 is 2.08 bits per heavy atom. The average molecular weight is 538 g/mol. The predicted molar refractivity (Wildman–Crippen MR) is 130 cm³/mol. The molecule has 1 aliphatic carbocycles. The minimum Gasteiger partial charge on any atom is -0.386 e. The lowest BCUT2D eigenvalue weighted by Crippen LogP contribution is -2.48. The van der Waals surface area contributed by atoms with Crippen LogP contribution >= 0.6 is 11.6 Å². The third-order valence-electron chi connectivity index (χ3n) is 7.37. The Balaban J connectivity index is 1.37. The number of anilines is 1. The van der Waals surface area contributed by atoms with Crippen LogP contribution in [0.25, 0.3) is 22.3 Å². The predicted octanol–water partition coefficient (Wildman–Crippen LogP) is 5.06. The normalized spacial score (nSPS) is 28.9. The molecule has 1 aromatic carbocycles. The molecule has 5 atom stereocenters. The summed E-state index contributed by atoms with van der Waals surface area (Å²) in [5.41, 5.74) is 1.33. The van der Waals surface area contributed by atoms with E-state index in [1.807, 2.05) is 18.4 Å². The fraction of sp³-hybridized carbons (Fsp3) is 0.560. The van der Waals surface area contributed by atoms with E-state index in [9.17, 15) is 13.9 Å². The Hall–Kier alpha value is -2.47. The Morgan fingerprint density at radius 1 is 1.27 bits per heavy atom. The number of alkyl halides is 2. The Labute approximate surface area is 216 Å². The van der Waals surface area contributed by atoms with Crippen LogP contribution in [0.2, 0.25) is 5.02 Å². The topological polar surface area (TPSA) is 94.3 Å². The molecular weight excluding hydrogens is 511 g/mol. The summed E-state index contributed by atoms with van der Waals surface area (Å²) < 4.78 is 56.2. The number of fused-ring (bicyclic) bond motifs is 3. The molecule has 4 heterocycles. The van der Waals surface area contributed by atoms with Gasteiger partial charge in [0, 0.05) is 30.4 Å². The van der Waals surface area contributed by atoms with Gasteiger partial charge >= 0.3 is 0 Å². The van der Waals surface area contributed by atoms with Gasteiger partial charge in [-0.25, -0.2) is 28.1 Å². The van der Waals surface area contributed by atoms with E-state index in [1.165, 1.54) is 12.3 Å². The van der Waals surface area contributed by atoms with Crippen molar-refractivity contribution in [2.45, 2.75) is 82.0 Å². The number of nitrogens with one attached hydrogen (secondary N) is 1. The van der Waals surface area contributed by atoms with Crippen LogP contribution in [0.1, 0.15) is 57.3 Å². The zero-order valence-corrected chi connectivity index (χ0v) is 21.1. The average Bonchev–Trinajstić information content (AvgIpc) is 3.53. The van der Waals surface area contributed by atoms with E-state index in [2.05, 4.69) is 20.3 Å². The SMILES string of the molecule is CC(C)n1c([C@@H]2CCC(F)(F)C2)nc2c(F)cc(-c3nc(NC4C[C@@H]5CO[C@@H](O5)[C@H]4O)ncc3Cl)cc21. The van der Waals surface area contributed by atoms with Crippen LogP contribution in [0.3, 0.4) is 0 Å². The fourth-order valence-electron chi connectivity index (χ4n) is 5.64. The first-order valence-electron chi connectivity index (χ1n) is 12.4. The van der Waals surface area contributed by atoms with Gasteiger partial charge in [-0.2, -0.15) is 0 Å². The van der Waals surface area contributed by atoms with Crippen LogP contribution in [-0.4, -0.2) is 61.7 Å². The summed E-state index contributed by atoms with van der Waals surface area (Å²) >= 11 is 6.43. The Bertz CT molecular complexity index is 1350. The molecule has 3 aromatic rings. The van der Waals surface area contributed by atoms with Crippen LogP contribution < -0.4 is 5.32 Å². The summed E-state index contributed by atoms with van der Waals surface area (Å²) in [4.78, 5) is 13.2. The number of nitrogens with zero attached hydrogens (tertiary/aromatic N) is 4. The molecule has 2 aliphatic heterocycles. The van der Waals surface area contributed by atoms with Gasteiger partial charge < -0.3 is 24.5 Å². The van der Waals surface area contributed by atoms with Crippen molar-refractivity contribution in [3.05, 3.63) is 35.0 Å². The monoisotopic (exact) mass is 537 g/mol. The lowest BCUT2D eigenvalue weighted by Gasteiger charge is -2.32. The lowest BCUT2D eigenvalue weighted by molar-refractivity contribution is -0.156. The van der Waals surface area contributed by atoms with Crippen molar-refractivity contribution < 1.29 is 27.8 Å². The number of halogens is 4. The maximum absolute atomic E-state index is 15.4. The van der Waals surface area contributed by atoms with E-state index in [-0.39, 0.29) is 41.5 Å². The van der Waals surface area contributed by atoms with Crippen molar-refractivity contribution in [2.75, 3.05) is 11.9 Å². The highest BCUT2D eigenvalue weighted by atomic mass is 35.5. The van der Waals surface area contributed by atoms with Gasteiger partial charge in [-0.05, 0) is 38.8 Å². The first-order valence-corrected chi connectivity index (χ1v) is 12.8. The molecule has 0 radical (unpaired) electrons. The van der Waals surface area contributed by atoms with Gasteiger partial charge in [-0.1, -0.05) is 11.6 Å². The van der Waals surface area contributed by atoms with Crippen LogP contribution in [0.5, 0.6) is 0 Å². The molecule has 37 heavy (non-hydrogen) atoms. The fourth-order valence-corrected chi connectivity index (χ4v) is 5.84. The summed E-state index contributed by atoms with van der Waals surface area (Å²) in [5, 5.41) is 13.9. The molecule has 3 aliphatic rings. The number of aromatic nitrogens is 4. The van der Waals surface area contributed by atoms with Crippen LogP contribution in [0.4, 0.5) is 19.1 Å². The number of imidazole rings is 1. The van der Waals surface area contributed by atoms with E-state index in [1.54, 1.807) is 6.07 Å². The standard InChI is InChI=1S/C25H27ClF3N5O3/c1-11(2)34-18-6-13(5-16(27)20(18)32-22(34)12-3-4-25(28,29)8-12)19-15(26)9-30-24(33-19)31-17-7-14-10-36-23(37-14)21(17)35/h5-6,9,11-12,14,17,21,23,35H,3-4,7-8,10H2,1-2H3,(H,30,31,33)/t12-,14-,17?,21+,23+/m1/s1. The Kier molecular flexibility index (Phi) is 6.09. The summed E-state index contributed by atoms with van der Waals surface area (Å²) in [6, 6.07) is 2.50. The van der Waals surface area contributed by atoms with Crippen molar-refractivity contribution in [3.63, 3.8) is 0 Å². The van der Waals surface area contributed by atoms with Crippen LogP contribution in [-0.2, 0) is 9.47 Å². The number of benzene rings is 1. The minimum atomic E-state index is -2.74. The third-order valence-corrected chi connectivity index (χ3v) is 7.65. The van der Waals surface area contributed by atoms with Crippen LogP contribution in [0, 0.1) is 5.82 Å². The molecular formula is C25H27ClF3N5O3. The molecule has 2 N–H and O–H groups in total. The second kappa shape index (κ2) is 9.07. The van der Waals surface area contributed by atoms with Gasteiger partial charge in [0.1, 0.15) is 17.4 Å². The van der Waals surface area contributed by atoms with E-state index < -0.39 is 36.1 Å². The number of rotatable bonds is 5. The second-order valence-corrected chi connectivity index (χ2v) is 10.8. The minimum absolute atomic E-state index is 0.125. The summed E-state index contributed by atoms with van der Waals surface area (Å²) in [5.74, 6) is -3.08. The first kappa shape index (κ1) is 24.8. The molecule has 2 aromatic heterocycles. The molecule has 12 heteroatoms. The molecule has 2 saturated heterocycles. The third kappa shape index (κ3) is 4.45. The van der Waals surface area contributed by atoms with E-state index in [4.69, 9.17) is 21.1 Å². The number of aliphatic hydroxyl groups is 1. The largest absolute Gasteiger partial charge is 0.386 e. The molecule has 3 fully saturated rings. The number of hydrogen-bond donors (Lipinski definition) is 2. The number of hydrogen-bond acceptors (Lipinski definition) is 7. The zero-order valence-electron chi connectivity index (χ0n) is 20.3. The molecule has 6 rings (SSSR count). The smallest absolute Gasteiger partial charge is 0.248 e. The Morgan fingerprint density at radius 3 is 2.81 bits per heavy atom. The van der Waals surface area contributed by atoms with Gasteiger partial charge in [-0.3, -0.25) is 0 Å². The van der Waals surface area contributed by atoms with Crippen molar-refractivity contribution >= 4 is 28.6 Å². The highest BCUT2D eigenvalue weighted by Crippen LogP contribution is 2.45. The van der Waals surface area contributed by atoms with Gasteiger partial charge in [0.2, 0.25) is 11.9 Å². The number of ether oxygens (including phenoxy) is 2. The van der Waals surface area contributed by atoms with Crippen LogP contribution in [0.15, 0.2) is 18.3 Å². The molecule has 0 amide bonds. The molecule has 8 nitrogen and oxygen atoms in total. The van der Waals surface area contributed by atoms with Crippen molar-refractivity contribution in [3.8, 4) is 11.3 Å². The van der Waals surface area contributed by atoms with Gasteiger partial charge in [-0.15, -0.1) is 0 Å². The quantitative estimate of drug-likeness (QED) is 0.470. The molecule has 0 spiro atoms. The lowest BCUT2D eigenvalue weighted by atomic mass is 10.0. The highest BCUT2D eigenvalue weighted by molar-refractivity contribution is 6.33. The van der Waals surface area contributed by atoms with Gasteiger partial charge in [0.25, 0.3) is 0 Å². The maximum Gasteiger partial charge on any atom is 0.248 e. The second-order valence-electron chi connectivity index (χ2n) is 10.4. The maximum atomic E-state index is 15.4. The molecule has 1 unspecified atom stereocenters. The van der Waals surface area contributed by atoms with Crippen molar-refractivity contribution in [2.24, 2.45) is 0 Å². The van der Waals surface area contributed by atoms with E-state index >= 15 is 4.39 Å². The van der Waals surface area contributed by atoms with Crippen molar-refractivity contribution in [1.82, 2.24) is 19.5 Å². The number of aliphatic hydroxyl groups excluding tert-OH is 1. The zero-order chi connectivity index (χ0) is 26.1. The van der Waals surface area contributed by atoms with E-state index in [0.29, 0.717) is 42.0 Å². The summed E-state index contributed by atoms with van der Waals surface area (Å²) in [6.07, 6.45) is -0.00692. The van der Waals surface area contributed by atoms with Gasteiger partial charge in [0.05, 0.1) is 41.2 Å². The first-order chi connectivity index (χ1) is 17.6. The summed E-state index contributed by atoms with van der Waals surface area (Å²) in [7, 11) is 0. The molecule has 1 saturated carbocycles. The van der Waals surface area contributed by atoms with Gasteiger partial charge in [0.15, 0.2) is 12.1 Å². The highest BCUT2D eigenvalue weighted by Gasteiger charge is 2.44.